The van der Waals surface area contributed by atoms with Gasteiger partial charge >= 0.3 is 16.3 Å². The molecule has 0 aliphatic carbocycles. The number of rotatable bonds is 5. The molecule has 0 amide bonds. The van der Waals surface area contributed by atoms with Crippen LogP contribution in [0.15, 0.2) is 60.7 Å². The molecule has 0 unspecified atom stereocenters. The van der Waals surface area contributed by atoms with Crippen molar-refractivity contribution in [3.8, 4) is 11.5 Å². The molecular formula is C14H12O6S. The zero-order chi connectivity index (χ0) is 15.1. The molecule has 2 aromatic carbocycles. The van der Waals surface area contributed by atoms with E-state index in [-0.39, 0.29) is 11.5 Å². The fourth-order valence-corrected chi connectivity index (χ4v) is 2.07. The first kappa shape index (κ1) is 14.9. The summed E-state index contributed by atoms with van der Waals surface area (Å²) in [6.45, 7) is 0. The molecule has 21 heavy (non-hydrogen) atoms. The molecule has 0 bridgehead atoms. The van der Waals surface area contributed by atoms with Crippen LogP contribution in [0.3, 0.4) is 0 Å². The number of ether oxygens (including phenoxy) is 2. The Bertz CT molecular complexity index is 682. The highest BCUT2D eigenvalue weighted by atomic mass is 32.2. The third-order valence-electron chi connectivity index (χ3n) is 2.23. The van der Waals surface area contributed by atoms with Crippen LogP contribution in [0.5, 0.6) is 11.5 Å². The largest absolute Gasteiger partial charge is 0.515 e. The minimum absolute atomic E-state index is 0.137. The second kappa shape index (κ2) is 6.76. The van der Waals surface area contributed by atoms with E-state index < -0.39 is 22.2 Å². The molecule has 0 N–H and O–H groups in total. The molecule has 0 radical (unpaired) electrons. The van der Waals surface area contributed by atoms with Crippen molar-refractivity contribution in [1.29, 1.82) is 0 Å². The fraction of sp³-hybridized carbons (Fsp3) is 0.0714. The Labute approximate surface area is 122 Å². The van der Waals surface area contributed by atoms with Crippen LogP contribution in [0.25, 0.3) is 0 Å². The van der Waals surface area contributed by atoms with Crippen molar-refractivity contribution in [2.24, 2.45) is 0 Å². The number of benzene rings is 2. The van der Waals surface area contributed by atoms with Crippen molar-refractivity contribution >= 4 is 16.3 Å². The summed E-state index contributed by atoms with van der Waals surface area (Å²) in [5.74, 6) is -0.547. The number of hydrogen-bond donors (Lipinski definition) is 0. The first-order valence-corrected chi connectivity index (χ1v) is 7.50. The van der Waals surface area contributed by atoms with Crippen molar-refractivity contribution in [3.05, 3.63) is 60.7 Å². The Hall–Kier alpha value is -2.54. The maximum absolute atomic E-state index is 11.6. The van der Waals surface area contributed by atoms with Crippen molar-refractivity contribution in [1.82, 2.24) is 0 Å². The number of para-hydroxylation sites is 2. The molecule has 2 rings (SSSR count). The van der Waals surface area contributed by atoms with Crippen LogP contribution in [0.4, 0.5) is 4.79 Å². The van der Waals surface area contributed by atoms with E-state index >= 15 is 0 Å². The molecule has 6 nitrogen and oxygen atoms in total. The minimum atomic E-state index is -4.05. The van der Waals surface area contributed by atoms with Gasteiger partial charge in [0.15, 0.2) is 0 Å². The van der Waals surface area contributed by atoms with Crippen LogP contribution in [0.1, 0.15) is 0 Å². The van der Waals surface area contributed by atoms with E-state index in [0.29, 0.717) is 0 Å². The molecule has 2 aromatic rings. The molecular weight excluding hydrogens is 296 g/mol. The summed E-state index contributed by atoms with van der Waals surface area (Å²) in [6, 6.07) is 16.1. The van der Waals surface area contributed by atoms with Gasteiger partial charge in [-0.3, -0.25) is 0 Å². The Morgan fingerprint density at radius 2 is 1.38 bits per heavy atom. The first-order chi connectivity index (χ1) is 10.1. The van der Waals surface area contributed by atoms with Gasteiger partial charge in [-0.1, -0.05) is 36.4 Å². The van der Waals surface area contributed by atoms with Crippen molar-refractivity contribution in [2.75, 3.05) is 5.94 Å². The predicted octanol–water partition coefficient (Wildman–Crippen LogP) is 2.57. The van der Waals surface area contributed by atoms with Crippen LogP contribution in [0, 0.1) is 0 Å². The van der Waals surface area contributed by atoms with Crippen LogP contribution in [-0.4, -0.2) is 20.5 Å². The van der Waals surface area contributed by atoms with Gasteiger partial charge in [0.05, 0.1) is 0 Å². The monoisotopic (exact) mass is 308 g/mol. The van der Waals surface area contributed by atoms with Gasteiger partial charge in [-0.05, 0) is 24.3 Å². The fourth-order valence-electron chi connectivity index (χ4n) is 1.38. The van der Waals surface area contributed by atoms with Crippen LogP contribution in [-0.2, 0) is 14.9 Å². The van der Waals surface area contributed by atoms with E-state index in [2.05, 4.69) is 4.74 Å². The Balaban J connectivity index is 1.85. The average Bonchev–Trinajstić information content (AvgIpc) is 2.47. The van der Waals surface area contributed by atoms with E-state index in [9.17, 15) is 13.2 Å². The van der Waals surface area contributed by atoms with Gasteiger partial charge in [0.1, 0.15) is 11.5 Å². The van der Waals surface area contributed by atoms with Crippen molar-refractivity contribution in [2.45, 2.75) is 0 Å². The lowest BCUT2D eigenvalue weighted by Crippen LogP contribution is -2.21. The third kappa shape index (κ3) is 5.15. The highest BCUT2D eigenvalue weighted by Gasteiger charge is 2.17. The molecule has 0 heterocycles. The maximum Gasteiger partial charge on any atom is 0.515 e. The molecule has 0 saturated heterocycles. The van der Waals surface area contributed by atoms with E-state index in [1.807, 2.05) is 0 Å². The predicted molar refractivity (Wildman–Crippen MR) is 74.4 cm³/mol. The average molecular weight is 308 g/mol. The molecule has 0 spiro atoms. The van der Waals surface area contributed by atoms with Crippen LogP contribution >= 0.6 is 0 Å². The van der Waals surface area contributed by atoms with Gasteiger partial charge in [0.25, 0.3) is 0 Å². The van der Waals surface area contributed by atoms with Crippen molar-refractivity contribution < 1.29 is 26.9 Å². The Morgan fingerprint density at radius 1 is 0.857 bits per heavy atom. The van der Waals surface area contributed by atoms with Gasteiger partial charge in [0, 0.05) is 0 Å². The molecule has 0 fully saturated rings. The summed E-state index contributed by atoms with van der Waals surface area (Å²) in [6.07, 6.45) is -1.12. The Morgan fingerprint density at radius 3 is 1.95 bits per heavy atom. The van der Waals surface area contributed by atoms with Crippen LogP contribution < -0.4 is 8.92 Å². The maximum atomic E-state index is 11.6. The number of carbonyl (C=O) groups excluding carboxylic acids is 1. The first-order valence-electron chi connectivity index (χ1n) is 5.92. The highest BCUT2D eigenvalue weighted by Crippen LogP contribution is 2.13. The SMILES string of the molecule is O=C(OCS(=O)(=O)Oc1ccccc1)Oc1ccccc1. The van der Waals surface area contributed by atoms with E-state index in [0.717, 1.165) is 0 Å². The highest BCUT2D eigenvalue weighted by molar-refractivity contribution is 7.86. The molecule has 7 heteroatoms. The molecule has 110 valence electrons. The number of hydrogen-bond acceptors (Lipinski definition) is 6. The summed E-state index contributed by atoms with van der Waals surface area (Å²) in [5, 5.41) is 0. The van der Waals surface area contributed by atoms with E-state index in [1.54, 1.807) is 36.4 Å². The summed E-state index contributed by atoms with van der Waals surface area (Å²) in [7, 11) is -4.05. The quantitative estimate of drug-likeness (QED) is 0.480. The molecule has 0 aliphatic heterocycles. The summed E-state index contributed by atoms with van der Waals surface area (Å²) in [4.78, 5) is 11.3. The smallest absolute Gasteiger partial charge is 0.414 e. The second-order valence-corrected chi connectivity index (χ2v) is 5.40. The standard InChI is InChI=1S/C14H12O6S/c15-14(19-12-7-3-1-4-8-12)18-11-21(16,17)20-13-9-5-2-6-10-13/h1-10H,11H2. The van der Waals surface area contributed by atoms with Gasteiger partial charge in [-0.15, -0.1) is 0 Å². The number of carbonyl (C=O) groups is 1. The topological polar surface area (TPSA) is 78.9 Å². The lowest BCUT2D eigenvalue weighted by atomic mass is 10.3. The van der Waals surface area contributed by atoms with Gasteiger partial charge < -0.3 is 13.7 Å². The minimum Gasteiger partial charge on any atom is -0.414 e. The van der Waals surface area contributed by atoms with Gasteiger partial charge in [-0.25, -0.2) is 4.79 Å². The molecule has 0 aliphatic rings. The third-order valence-corrected chi connectivity index (χ3v) is 3.08. The molecule has 0 saturated carbocycles. The summed E-state index contributed by atoms with van der Waals surface area (Å²) in [5.41, 5.74) is 0. The van der Waals surface area contributed by atoms with Crippen LogP contribution in [0.2, 0.25) is 0 Å². The lowest BCUT2D eigenvalue weighted by molar-refractivity contribution is 0.113. The molecule has 0 aromatic heterocycles. The van der Waals surface area contributed by atoms with Gasteiger partial charge in [0.2, 0.25) is 5.94 Å². The summed E-state index contributed by atoms with van der Waals surface area (Å²) >= 11 is 0. The second-order valence-electron chi connectivity index (χ2n) is 3.88. The van der Waals surface area contributed by atoms with E-state index in [1.165, 1.54) is 24.3 Å². The lowest BCUT2D eigenvalue weighted by Gasteiger charge is -2.08. The molecule has 0 atom stereocenters. The van der Waals surface area contributed by atoms with E-state index in [4.69, 9.17) is 8.92 Å². The normalized spacial score (nSPS) is 10.7. The van der Waals surface area contributed by atoms with Crippen molar-refractivity contribution in [3.63, 3.8) is 0 Å². The summed E-state index contributed by atoms with van der Waals surface area (Å²) < 4.78 is 37.2. The Kier molecular flexibility index (Phi) is 4.78. The zero-order valence-electron chi connectivity index (χ0n) is 10.8. The zero-order valence-corrected chi connectivity index (χ0v) is 11.7. The van der Waals surface area contributed by atoms with Gasteiger partial charge in [-0.2, -0.15) is 8.42 Å².